The van der Waals surface area contributed by atoms with Crippen molar-refractivity contribution in [1.29, 1.82) is 0 Å². The highest BCUT2D eigenvalue weighted by atomic mass is 35.5. The molecule has 2 fully saturated rings. The molecule has 2 saturated heterocycles. The maximum Gasteiger partial charge on any atom is 0.224 e. The second-order valence-electron chi connectivity index (χ2n) is 5.62. The van der Waals surface area contributed by atoms with Crippen molar-refractivity contribution in [3.05, 3.63) is 18.7 Å². The summed E-state index contributed by atoms with van der Waals surface area (Å²) in [5.74, 6) is 0.274. The van der Waals surface area contributed by atoms with E-state index in [0.29, 0.717) is 12.5 Å². The molecule has 3 heterocycles. The number of rotatable bonds is 4. The molecule has 0 aliphatic carbocycles. The van der Waals surface area contributed by atoms with Crippen molar-refractivity contribution in [2.75, 3.05) is 39.3 Å². The number of piperazine rings is 1. The SMILES string of the molecule is Cl.Cl.O=C(CCn1ccnc1)N1CCC(N2CCNCC2)C1. The van der Waals surface area contributed by atoms with E-state index < -0.39 is 0 Å². The molecule has 0 aromatic carbocycles. The molecule has 1 aromatic heterocycles. The second kappa shape index (κ2) is 9.35. The van der Waals surface area contributed by atoms with Crippen molar-refractivity contribution in [1.82, 2.24) is 24.7 Å². The Hall–Kier alpha value is -0.820. The molecule has 2 aliphatic rings. The van der Waals surface area contributed by atoms with Crippen LogP contribution in [0.1, 0.15) is 12.8 Å². The average molecular weight is 350 g/mol. The highest BCUT2D eigenvalue weighted by Crippen LogP contribution is 2.17. The van der Waals surface area contributed by atoms with Gasteiger partial charge < -0.3 is 14.8 Å². The Bertz CT molecular complexity index is 436. The molecule has 1 aromatic rings. The first kappa shape index (κ1) is 19.2. The van der Waals surface area contributed by atoms with Gasteiger partial charge in [0.15, 0.2) is 0 Å². The zero-order chi connectivity index (χ0) is 13.8. The summed E-state index contributed by atoms with van der Waals surface area (Å²) in [6.07, 6.45) is 7.11. The molecule has 6 nitrogen and oxygen atoms in total. The average Bonchev–Trinajstić information content (AvgIpc) is 3.17. The predicted molar refractivity (Wildman–Crippen MR) is 90.8 cm³/mol. The third-order valence-electron chi connectivity index (χ3n) is 4.33. The molecule has 3 rings (SSSR count). The van der Waals surface area contributed by atoms with Crippen molar-refractivity contribution in [2.24, 2.45) is 0 Å². The van der Waals surface area contributed by atoms with Crippen LogP contribution in [0.3, 0.4) is 0 Å². The predicted octanol–water partition coefficient (Wildman–Crippen LogP) is 0.623. The third-order valence-corrected chi connectivity index (χ3v) is 4.33. The van der Waals surface area contributed by atoms with Crippen molar-refractivity contribution < 1.29 is 4.79 Å². The normalized spacial score (nSPS) is 22.0. The van der Waals surface area contributed by atoms with E-state index in [9.17, 15) is 4.79 Å². The molecule has 2 aliphatic heterocycles. The van der Waals surface area contributed by atoms with Crippen LogP contribution in [0.15, 0.2) is 18.7 Å². The molecule has 1 atom stereocenters. The topological polar surface area (TPSA) is 53.4 Å². The highest BCUT2D eigenvalue weighted by molar-refractivity contribution is 5.85. The number of amides is 1. The molecule has 126 valence electrons. The number of aryl methyl sites for hydroxylation is 1. The molecule has 0 saturated carbocycles. The van der Waals surface area contributed by atoms with Gasteiger partial charge in [-0.3, -0.25) is 9.69 Å². The maximum absolute atomic E-state index is 12.2. The number of hydrogen-bond donors (Lipinski definition) is 1. The number of aromatic nitrogens is 2. The fourth-order valence-corrected chi connectivity index (χ4v) is 3.12. The van der Waals surface area contributed by atoms with E-state index in [1.807, 2.05) is 15.7 Å². The summed E-state index contributed by atoms with van der Waals surface area (Å²) >= 11 is 0. The summed E-state index contributed by atoms with van der Waals surface area (Å²) in [6, 6.07) is 0.564. The summed E-state index contributed by atoms with van der Waals surface area (Å²) in [6.45, 7) is 6.92. The Labute approximate surface area is 144 Å². The molecular weight excluding hydrogens is 325 g/mol. The van der Waals surface area contributed by atoms with E-state index in [2.05, 4.69) is 15.2 Å². The van der Waals surface area contributed by atoms with Crippen molar-refractivity contribution in [3.63, 3.8) is 0 Å². The van der Waals surface area contributed by atoms with Gasteiger partial charge in [0.1, 0.15) is 0 Å². The standard InChI is InChI=1S/C14H23N5O.2ClH/c20-14(2-6-17-8-3-16-12-17)19-7-1-13(11-19)18-9-4-15-5-10-18;;/h3,8,12-13,15H,1-2,4-7,9-11H2;2*1H. The van der Waals surface area contributed by atoms with Gasteiger partial charge >= 0.3 is 0 Å². The van der Waals surface area contributed by atoms with E-state index in [-0.39, 0.29) is 30.7 Å². The summed E-state index contributed by atoms with van der Waals surface area (Å²) in [5, 5.41) is 3.38. The Morgan fingerprint density at radius 2 is 2.00 bits per heavy atom. The highest BCUT2D eigenvalue weighted by Gasteiger charge is 2.30. The number of imidazole rings is 1. The van der Waals surface area contributed by atoms with E-state index in [4.69, 9.17) is 0 Å². The van der Waals surface area contributed by atoms with Gasteiger partial charge in [0.05, 0.1) is 6.33 Å². The second-order valence-corrected chi connectivity index (χ2v) is 5.62. The largest absolute Gasteiger partial charge is 0.341 e. The molecule has 1 unspecified atom stereocenters. The molecule has 0 spiro atoms. The quantitative estimate of drug-likeness (QED) is 0.865. The van der Waals surface area contributed by atoms with Gasteiger partial charge in [0.25, 0.3) is 0 Å². The molecular formula is C14H25Cl2N5O. The molecule has 22 heavy (non-hydrogen) atoms. The minimum Gasteiger partial charge on any atom is -0.341 e. The van der Waals surface area contributed by atoms with E-state index in [0.717, 1.165) is 52.2 Å². The van der Waals surface area contributed by atoms with Gasteiger partial charge in [0.2, 0.25) is 5.91 Å². The number of halogens is 2. The van der Waals surface area contributed by atoms with Crippen LogP contribution in [0.25, 0.3) is 0 Å². The Kier molecular flexibility index (Phi) is 8.17. The van der Waals surface area contributed by atoms with Gasteiger partial charge in [-0.15, -0.1) is 24.8 Å². The number of carbonyl (C=O) groups is 1. The third kappa shape index (κ3) is 4.84. The van der Waals surface area contributed by atoms with Gasteiger partial charge in [0, 0.05) is 70.7 Å². The van der Waals surface area contributed by atoms with Crippen molar-refractivity contribution in [3.8, 4) is 0 Å². The van der Waals surface area contributed by atoms with Crippen LogP contribution in [-0.4, -0.2) is 70.6 Å². The van der Waals surface area contributed by atoms with E-state index >= 15 is 0 Å². The Morgan fingerprint density at radius 3 is 2.68 bits per heavy atom. The number of nitrogens with one attached hydrogen (secondary N) is 1. The van der Waals surface area contributed by atoms with Crippen molar-refractivity contribution >= 4 is 30.7 Å². The fourth-order valence-electron chi connectivity index (χ4n) is 3.12. The number of nitrogens with zero attached hydrogens (tertiary/aromatic N) is 4. The van der Waals surface area contributed by atoms with Crippen LogP contribution in [0.4, 0.5) is 0 Å². The van der Waals surface area contributed by atoms with Gasteiger partial charge in [-0.25, -0.2) is 4.98 Å². The zero-order valence-electron chi connectivity index (χ0n) is 12.7. The van der Waals surface area contributed by atoms with Crippen molar-refractivity contribution in [2.45, 2.75) is 25.4 Å². The summed E-state index contributed by atoms with van der Waals surface area (Å²) in [4.78, 5) is 20.8. The minimum absolute atomic E-state index is 0. The van der Waals surface area contributed by atoms with Crippen LogP contribution in [-0.2, 0) is 11.3 Å². The fraction of sp³-hybridized carbons (Fsp3) is 0.714. The van der Waals surface area contributed by atoms with Crippen LogP contribution in [0.5, 0.6) is 0 Å². The van der Waals surface area contributed by atoms with Crippen LogP contribution in [0, 0.1) is 0 Å². The zero-order valence-corrected chi connectivity index (χ0v) is 14.3. The lowest BCUT2D eigenvalue weighted by Crippen LogP contribution is -2.49. The lowest BCUT2D eigenvalue weighted by atomic mass is 10.2. The molecule has 0 bridgehead atoms. The lowest BCUT2D eigenvalue weighted by Gasteiger charge is -2.32. The summed E-state index contributed by atoms with van der Waals surface area (Å²) in [5.41, 5.74) is 0. The molecule has 0 radical (unpaired) electrons. The van der Waals surface area contributed by atoms with Gasteiger partial charge in [-0.2, -0.15) is 0 Å². The van der Waals surface area contributed by atoms with E-state index in [1.54, 1.807) is 12.5 Å². The Balaban J connectivity index is 0.00000121. The first-order valence-corrected chi connectivity index (χ1v) is 7.51. The van der Waals surface area contributed by atoms with Crippen LogP contribution < -0.4 is 5.32 Å². The molecule has 8 heteroatoms. The smallest absolute Gasteiger partial charge is 0.224 e. The van der Waals surface area contributed by atoms with Gasteiger partial charge in [-0.1, -0.05) is 0 Å². The monoisotopic (exact) mass is 349 g/mol. The molecule has 1 N–H and O–H groups in total. The number of hydrogen-bond acceptors (Lipinski definition) is 4. The molecule has 1 amide bonds. The summed E-state index contributed by atoms with van der Waals surface area (Å²) in [7, 11) is 0. The lowest BCUT2D eigenvalue weighted by molar-refractivity contribution is -0.130. The summed E-state index contributed by atoms with van der Waals surface area (Å²) < 4.78 is 1.96. The Morgan fingerprint density at radius 1 is 1.23 bits per heavy atom. The van der Waals surface area contributed by atoms with Gasteiger partial charge in [-0.05, 0) is 6.42 Å². The minimum atomic E-state index is 0. The van der Waals surface area contributed by atoms with E-state index in [1.165, 1.54) is 0 Å². The van der Waals surface area contributed by atoms with Crippen LogP contribution >= 0.6 is 24.8 Å². The maximum atomic E-state index is 12.2. The first-order chi connectivity index (χ1) is 9.83. The first-order valence-electron chi connectivity index (χ1n) is 7.51. The number of carbonyl (C=O) groups excluding carboxylic acids is 1. The van der Waals surface area contributed by atoms with Crippen LogP contribution in [0.2, 0.25) is 0 Å². The number of likely N-dealkylation sites (tertiary alicyclic amines) is 1.